The van der Waals surface area contributed by atoms with E-state index in [1.165, 1.54) is 0 Å². The zero-order valence-electron chi connectivity index (χ0n) is 18.3. The molecule has 0 aromatic heterocycles. The molecule has 9 N–H and O–H groups in total. The fraction of sp³-hybridized carbons (Fsp3) is 0.524. The van der Waals surface area contributed by atoms with Crippen molar-refractivity contribution >= 4 is 36.3 Å². The summed E-state index contributed by atoms with van der Waals surface area (Å²) >= 11 is 3.85. The average molecular weight is 484 g/mol. The first-order chi connectivity index (χ1) is 15.7. The monoisotopic (exact) mass is 483 g/mol. The van der Waals surface area contributed by atoms with Crippen LogP contribution in [-0.4, -0.2) is 77.0 Å². The van der Waals surface area contributed by atoms with Crippen LogP contribution < -0.4 is 27.4 Å². The molecule has 0 saturated heterocycles. The fourth-order valence-electron chi connectivity index (χ4n) is 2.93. The molecule has 3 amide bonds. The van der Waals surface area contributed by atoms with Gasteiger partial charge < -0.3 is 37.6 Å². The van der Waals surface area contributed by atoms with Crippen molar-refractivity contribution in [3.8, 4) is 0 Å². The van der Waals surface area contributed by atoms with Gasteiger partial charge in [-0.05, 0) is 37.8 Å². The molecule has 0 aliphatic carbocycles. The second-order valence-electron chi connectivity index (χ2n) is 7.47. The Morgan fingerprint density at radius 1 is 0.909 bits per heavy atom. The van der Waals surface area contributed by atoms with E-state index >= 15 is 0 Å². The van der Waals surface area contributed by atoms with Gasteiger partial charge in [-0.15, -0.1) is 0 Å². The van der Waals surface area contributed by atoms with Gasteiger partial charge in [-0.25, -0.2) is 4.79 Å². The molecular formula is C21H33N5O6S. The summed E-state index contributed by atoms with van der Waals surface area (Å²) in [6, 6.07) is 4.53. The quantitative estimate of drug-likeness (QED) is 0.105. The van der Waals surface area contributed by atoms with Crippen LogP contribution in [0.4, 0.5) is 0 Å². The van der Waals surface area contributed by atoms with Crippen molar-refractivity contribution in [1.29, 1.82) is 0 Å². The van der Waals surface area contributed by atoms with Gasteiger partial charge >= 0.3 is 5.97 Å². The third-order valence-electron chi connectivity index (χ3n) is 4.83. The number of hydrogen-bond acceptors (Lipinski definition) is 8. The third kappa shape index (κ3) is 10.2. The molecule has 1 aromatic rings. The molecule has 0 aliphatic rings. The first-order valence-electron chi connectivity index (χ1n) is 10.6. The zero-order chi connectivity index (χ0) is 24.8. The molecule has 33 heavy (non-hydrogen) atoms. The molecule has 1 rings (SSSR count). The Labute approximate surface area is 198 Å². The number of nitrogens with two attached hydrogens (primary N) is 2. The molecule has 184 valence electrons. The summed E-state index contributed by atoms with van der Waals surface area (Å²) in [5, 5.41) is 25.7. The Bertz CT molecular complexity index is 782. The fourth-order valence-corrected chi connectivity index (χ4v) is 3.17. The van der Waals surface area contributed by atoms with Crippen LogP contribution in [0.3, 0.4) is 0 Å². The maximum atomic E-state index is 12.8. The van der Waals surface area contributed by atoms with E-state index in [0.717, 1.165) is 5.56 Å². The largest absolute Gasteiger partial charge is 0.480 e. The van der Waals surface area contributed by atoms with Crippen molar-refractivity contribution in [3.63, 3.8) is 0 Å². The maximum absolute atomic E-state index is 12.8. The smallest absolute Gasteiger partial charge is 0.327 e. The average Bonchev–Trinajstić information content (AvgIpc) is 2.80. The number of aliphatic hydroxyl groups excluding tert-OH is 1. The molecule has 4 atom stereocenters. The van der Waals surface area contributed by atoms with E-state index in [9.17, 15) is 24.3 Å². The number of nitrogens with one attached hydrogen (secondary N) is 3. The maximum Gasteiger partial charge on any atom is 0.327 e. The van der Waals surface area contributed by atoms with Crippen LogP contribution in [0.15, 0.2) is 30.3 Å². The number of carboxylic acids is 1. The predicted molar refractivity (Wildman–Crippen MR) is 125 cm³/mol. The van der Waals surface area contributed by atoms with Gasteiger partial charge in [0.1, 0.15) is 18.1 Å². The molecule has 12 heteroatoms. The minimum Gasteiger partial charge on any atom is -0.480 e. The predicted octanol–water partition coefficient (Wildman–Crippen LogP) is -1.85. The molecule has 4 unspecified atom stereocenters. The molecule has 0 radical (unpaired) electrons. The summed E-state index contributed by atoms with van der Waals surface area (Å²) in [5.41, 5.74) is 12.4. The van der Waals surface area contributed by atoms with Crippen molar-refractivity contribution in [2.24, 2.45) is 11.5 Å². The number of carbonyl (C=O) groups is 4. The standard InChI is InChI=1S/C21H33N5O6S/c22-9-5-4-8-15(24-18(28)14(23)10-13-6-2-1-3-7-13)19(29)25-16(11-27)20(30)26-17(12-33)21(31)32/h1-3,6-7,14-17,27,33H,4-5,8-12,22-23H2,(H,24,28)(H,25,29)(H,26,30)(H,31,32). The van der Waals surface area contributed by atoms with E-state index in [2.05, 4.69) is 28.6 Å². The van der Waals surface area contributed by atoms with Crippen LogP contribution in [0, 0.1) is 0 Å². The lowest BCUT2D eigenvalue weighted by Crippen LogP contribution is -2.58. The molecule has 0 heterocycles. The van der Waals surface area contributed by atoms with E-state index in [-0.39, 0.29) is 18.6 Å². The SMILES string of the molecule is NCCCCC(NC(=O)C(N)Cc1ccccc1)C(=O)NC(CO)C(=O)NC(CS)C(=O)O. The Morgan fingerprint density at radius 2 is 1.48 bits per heavy atom. The minimum atomic E-state index is -1.41. The minimum absolute atomic E-state index is 0.176. The summed E-state index contributed by atoms with van der Waals surface area (Å²) in [7, 11) is 0. The van der Waals surface area contributed by atoms with Gasteiger partial charge in [0.05, 0.1) is 12.6 Å². The van der Waals surface area contributed by atoms with E-state index in [1.54, 1.807) is 0 Å². The highest BCUT2D eigenvalue weighted by Gasteiger charge is 2.29. The molecule has 11 nitrogen and oxygen atoms in total. The van der Waals surface area contributed by atoms with Crippen molar-refractivity contribution in [2.75, 3.05) is 18.9 Å². The van der Waals surface area contributed by atoms with Crippen LogP contribution >= 0.6 is 12.6 Å². The number of carboxylic acid groups (broad SMARTS) is 1. The van der Waals surface area contributed by atoms with Crippen molar-refractivity contribution in [1.82, 2.24) is 16.0 Å². The lowest BCUT2D eigenvalue weighted by molar-refractivity contribution is -0.142. The number of amides is 3. The summed E-state index contributed by atoms with van der Waals surface area (Å²) in [4.78, 5) is 48.8. The number of carbonyl (C=O) groups excluding carboxylic acids is 3. The van der Waals surface area contributed by atoms with E-state index in [4.69, 9.17) is 16.6 Å². The van der Waals surface area contributed by atoms with Crippen LogP contribution in [0.2, 0.25) is 0 Å². The summed E-state index contributed by atoms with van der Waals surface area (Å²) < 4.78 is 0. The van der Waals surface area contributed by atoms with Gasteiger partial charge in [0.2, 0.25) is 17.7 Å². The Balaban J connectivity index is 2.82. The number of rotatable bonds is 15. The lowest BCUT2D eigenvalue weighted by atomic mass is 10.0. The topological polar surface area (TPSA) is 197 Å². The number of hydrogen-bond donors (Lipinski definition) is 8. The van der Waals surface area contributed by atoms with Gasteiger partial charge in [-0.1, -0.05) is 30.3 Å². The first kappa shape index (κ1) is 28.4. The van der Waals surface area contributed by atoms with Gasteiger partial charge in [0, 0.05) is 5.75 Å². The van der Waals surface area contributed by atoms with E-state index < -0.39 is 54.5 Å². The highest BCUT2D eigenvalue weighted by atomic mass is 32.1. The van der Waals surface area contributed by atoms with Crippen LogP contribution in [0.25, 0.3) is 0 Å². The summed E-state index contributed by atoms with van der Waals surface area (Å²) in [5.74, 6) is -3.62. The number of benzene rings is 1. The van der Waals surface area contributed by atoms with Crippen molar-refractivity contribution in [2.45, 2.75) is 49.9 Å². The highest BCUT2D eigenvalue weighted by Crippen LogP contribution is 2.05. The Kier molecular flexibility index (Phi) is 13.1. The highest BCUT2D eigenvalue weighted by molar-refractivity contribution is 7.80. The Hall–Kier alpha value is -2.67. The second kappa shape index (κ2) is 15.2. The van der Waals surface area contributed by atoms with Crippen LogP contribution in [0.1, 0.15) is 24.8 Å². The van der Waals surface area contributed by atoms with Crippen molar-refractivity contribution < 1.29 is 29.4 Å². The molecule has 0 spiro atoms. The van der Waals surface area contributed by atoms with Gasteiger partial charge in [-0.3, -0.25) is 14.4 Å². The number of aliphatic carboxylic acids is 1. The van der Waals surface area contributed by atoms with Gasteiger partial charge in [-0.2, -0.15) is 12.6 Å². The van der Waals surface area contributed by atoms with Crippen LogP contribution in [0.5, 0.6) is 0 Å². The van der Waals surface area contributed by atoms with Gasteiger partial charge in [0.25, 0.3) is 0 Å². The number of thiol groups is 1. The Morgan fingerprint density at radius 3 is 2.03 bits per heavy atom. The molecule has 0 bridgehead atoms. The van der Waals surface area contributed by atoms with E-state index in [1.807, 2.05) is 30.3 Å². The molecular weight excluding hydrogens is 450 g/mol. The zero-order valence-corrected chi connectivity index (χ0v) is 19.2. The second-order valence-corrected chi connectivity index (χ2v) is 7.83. The van der Waals surface area contributed by atoms with Crippen molar-refractivity contribution in [3.05, 3.63) is 35.9 Å². The normalized spacial score (nSPS) is 14.4. The summed E-state index contributed by atoms with van der Waals surface area (Å²) in [6.45, 7) is -0.370. The summed E-state index contributed by atoms with van der Waals surface area (Å²) in [6.07, 6.45) is 1.65. The van der Waals surface area contributed by atoms with E-state index in [0.29, 0.717) is 19.4 Å². The van der Waals surface area contributed by atoms with Gasteiger partial charge in [0.15, 0.2) is 0 Å². The van der Waals surface area contributed by atoms with Crippen LogP contribution in [-0.2, 0) is 25.6 Å². The molecule has 1 aromatic carbocycles. The molecule has 0 saturated carbocycles. The molecule has 0 aliphatic heterocycles. The number of unbranched alkanes of at least 4 members (excludes halogenated alkanes) is 1. The number of aliphatic hydroxyl groups is 1. The molecule has 0 fully saturated rings. The third-order valence-corrected chi connectivity index (χ3v) is 5.19. The lowest BCUT2D eigenvalue weighted by Gasteiger charge is -2.24. The first-order valence-corrected chi connectivity index (χ1v) is 11.2.